The highest BCUT2D eigenvalue weighted by atomic mass is 127. The molecule has 0 unspecified atom stereocenters. The van der Waals surface area contributed by atoms with E-state index in [1.165, 1.54) is 10.9 Å². The number of carbonyl (C=O) groups is 1. The minimum Gasteiger partial charge on any atom is -0.390 e. The number of rotatable bonds is 4. The van der Waals surface area contributed by atoms with Crippen molar-refractivity contribution in [2.45, 2.75) is 13.2 Å². The smallest absolute Gasteiger partial charge is 0.246 e. The fraction of sp³-hybridized carbons (Fsp3) is 0.182. The third kappa shape index (κ3) is 3.26. The van der Waals surface area contributed by atoms with Crippen LogP contribution < -0.4 is 5.32 Å². The molecule has 0 radical (unpaired) electrons. The lowest BCUT2D eigenvalue weighted by Gasteiger charge is -2.06. The van der Waals surface area contributed by atoms with E-state index in [0.29, 0.717) is 5.69 Å². The average molecular weight is 358 g/mol. The van der Waals surface area contributed by atoms with Crippen LogP contribution in [0.2, 0.25) is 0 Å². The quantitative estimate of drug-likeness (QED) is 0.800. The first-order valence-electron chi connectivity index (χ1n) is 5.23. The van der Waals surface area contributed by atoms with Crippen molar-refractivity contribution >= 4 is 34.2 Å². The summed E-state index contributed by atoms with van der Waals surface area (Å²) < 4.78 is 2.36. The van der Waals surface area contributed by atoms with Crippen molar-refractivity contribution in [3.05, 3.63) is 39.7 Å². The van der Waals surface area contributed by atoms with Crippen LogP contribution in [0.1, 0.15) is 5.69 Å². The predicted molar refractivity (Wildman–Crippen MR) is 73.7 cm³/mol. The number of para-hydroxylation sites is 1. The number of aromatic nitrogens is 3. The maximum absolute atomic E-state index is 11.8. The molecular weight excluding hydrogens is 347 g/mol. The minimum absolute atomic E-state index is 0.0674. The number of hydrogen-bond donors (Lipinski definition) is 2. The number of nitrogens with one attached hydrogen (secondary N) is 1. The maximum atomic E-state index is 11.8. The SMILES string of the molecule is O=C(Cn1cc(CO)nn1)Nc1ccccc1I. The maximum Gasteiger partial charge on any atom is 0.246 e. The molecule has 1 aromatic heterocycles. The lowest BCUT2D eigenvalue weighted by molar-refractivity contribution is -0.116. The van der Waals surface area contributed by atoms with Gasteiger partial charge in [0.1, 0.15) is 12.2 Å². The van der Waals surface area contributed by atoms with Crippen LogP contribution >= 0.6 is 22.6 Å². The van der Waals surface area contributed by atoms with Gasteiger partial charge in [-0.2, -0.15) is 0 Å². The summed E-state index contributed by atoms with van der Waals surface area (Å²) in [7, 11) is 0. The molecule has 2 rings (SSSR count). The van der Waals surface area contributed by atoms with Crippen molar-refractivity contribution in [3.8, 4) is 0 Å². The Balaban J connectivity index is 1.99. The molecule has 7 heteroatoms. The Morgan fingerprint density at radius 3 is 2.89 bits per heavy atom. The standard InChI is InChI=1S/C11H11IN4O2/c12-9-3-1-2-4-10(9)13-11(18)6-16-5-8(7-17)14-15-16/h1-5,17H,6-7H2,(H,13,18). The number of halogens is 1. The van der Waals surface area contributed by atoms with Crippen molar-refractivity contribution in [2.24, 2.45) is 0 Å². The van der Waals surface area contributed by atoms with Crippen molar-refractivity contribution in [1.82, 2.24) is 15.0 Å². The fourth-order valence-corrected chi connectivity index (χ4v) is 1.91. The van der Waals surface area contributed by atoms with Gasteiger partial charge in [-0.3, -0.25) is 4.79 Å². The van der Waals surface area contributed by atoms with Crippen molar-refractivity contribution in [3.63, 3.8) is 0 Å². The lowest BCUT2D eigenvalue weighted by Crippen LogP contribution is -2.19. The molecule has 18 heavy (non-hydrogen) atoms. The number of anilines is 1. The summed E-state index contributed by atoms with van der Waals surface area (Å²) in [4.78, 5) is 11.8. The second-order valence-corrected chi connectivity index (χ2v) is 4.76. The Morgan fingerprint density at radius 2 is 2.22 bits per heavy atom. The minimum atomic E-state index is -0.187. The number of benzene rings is 1. The summed E-state index contributed by atoms with van der Waals surface area (Å²) in [5.41, 5.74) is 1.21. The van der Waals surface area contributed by atoms with E-state index in [1.54, 1.807) is 0 Å². The number of hydrogen-bond acceptors (Lipinski definition) is 4. The van der Waals surface area contributed by atoms with Crippen molar-refractivity contribution < 1.29 is 9.90 Å². The Hall–Kier alpha value is -1.48. The van der Waals surface area contributed by atoms with Crippen LogP contribution in [0.15, 0.2) is 30.5 Å². The average Bonchev–Trinajstić information content (AvgIpc) is 2.80. The van der Waals surface area contributed by atoms with Gasteiger partial charge in [-0.25, -0.2) is 4.68 Å². The zero-order valence-corrected chi connectivity index (χ0v) is 11.5. The number of aliphatic hydroxyl groups excluding tert-OH is 1. The zero-order chi connectivity index (χ0) is 13.0. The molecule has 0 fully saturated rings. The largest absolute Gasteiger partial charge is 0.390 e. The van der Waals surface area contributed by atoms with E-state index in [0.717, 1.165) is 9.26 Å². The molecule has 1 heterocycles. The van der Waals surface area contributed by atoms with E-state index >= 15 is 0 Å². The number of carbonyl (C=O) groups excluding carboxylic acids is 1. The molecule has 6 nitrogen and oxygen atoms in total. The van der Waals surface area contributed by atoms with Gasteiger partial charge in [-0.15, -0.1) is 5.10 Å². The highest BCUT2D eigenvalue weighted by Crippen LogP contribution is 2.16. The van der Waals surface area contributed by atoms with Gasteiger partial charge in [0.2, 0.25) is 5.91 Å². The predicted octanol–water partition coefficient (Wildman–Crippen LogP) is 1.01. The van der Waals surface area contributed by atoms with Crippen LogP contribution in [0.5, 0.6) is 0 Å². The molecule has 0 bridgehead atoms. The molecule has 1 aromatic carbocycles. The molecule has 0 aliphatic rings. The van der Waals surface area contributed by atoms with Crippen LogP contribution in [-0.2, 0) is 17.9 Å². The van der Waals surface area contributed by atoms with Gasteiger partial charge in [-0.1, -0.05) is 17.3 Å². The molecule has 1 amide bonds. The normalized spacial score (nSPS) is 10.3. The van der Waals surface area contributed by atoms with E-state index < -0.39 is 0 Å². The Bertz CT molecular complexity index is 555. The van der Waals surface area contributed by atoms with Gasteiger partial charge in [0.05, 0.1) is 18.5 Å². The first-order valence-corrected chi connectivity index (χ1v) is 6.31. The highest BCUT2D eigenvalue weighted by Gasteiger charge is 2.07. The second kappa shape index (κ2) is 5.91. The molecule has 0 spiro atoms. The monoisotopic (exact) mass is 358 g/mol. The fourth-order valence-electron chi connectivity index (χ4n) is 1.39. The number of aliphatic hydroxyl groups is 1. The van der Waals surface area contributed by atoms with Gasteiger partial charge >= 0.3 is 0 Å². The second-order valence-electron chi connectivity index (χ2n) is 3.59. The van der Waals surface area contributed by atoms with Gasteiger partial charge in [0.15, 0.2) is 0 Å². The zero-order valence-electron chi connectivity index (χ0n) is 9.38. The third-order valence-electron chi connectivity index (χ3n) is 2.20. The van der Waals surface area contributed by atoms with E-state index in [4.69, 9.17) is 5.11 Å². The third-order valence-corrected chi connectivity index (χ3v) is 3.14. The topological polar surface area (TPSA) is 80.0 Å². The van der Waals surface area contributed by atoms with E-state index in [9.17, 15) is 4.79 Å². The van der Waals surface area contributed by atoms with Gasteiger partial charge in [0, 0.05) is 3.57 Å². The summed E-state index contributed by atoms with van der Waals surface area (Å²) in [5.74, 6) is -0.187. The Kier molecular flexibility index (Phi) is 4.26. The lowest BCUT2D eigenvalue weighted by atomic mass is 10.3. The highest BCUT2D eigenvalue weighted by molar-refractivity contribution is 14.1. The first-order chi connectivity index (χ1) is 8.69. The number of nitrogens with zero attached hydrogens (tertiary/aromatic N) is 3. The summed E-state index contributed by atoms with van der Waals surface area (Å²) in [6, 6.07) is 7.51. The van der Waals surface area contributed by atoms with Crippen molar-refractivity contribution in [1.29, 1.82) is 0 Å². The summed E-state index contributed by atoms with van der Waals surface area (Å²) in [6.07, 6.45) is 1.54. The van der Waals surface area contributed by atoms with E-state index in [1.807, 2.05) is 24.3 Å². The number of amides is 1. The first kappa shape index (κ1) is 13.0. The van der Waals surface area contributed by atoms with Crippen LogP contribution in [0, 0.1) is 3.57 Å². The molecule has 2 N–H and O–H groups in total. The van der Waals surface area contributed by atoms with E-state index in [-0.39, 0.29) is 19.1 Å². The van der Waals surface area contributed by atoms with Crippen molar-refractivity contribution in [2.75, 3.05) is 5.32 Å². The molecule has 0 atom stereocenters. The van der Waals surface area contributed by atoms with Crippen LogP contribution in [-0.4, -0.2) is 26.0 Å². The molecular formula is C11H11IN4O2. The molecule has 0 saturated heterocycles. The van der Waals surface area contributed by atoms with Crippen LogP contribution in [0.25, 0.3) is 0 Å². The molecule has 0 aliphatic heterocycles. The summed E-state index contributed by atoms with van der Waals surface area (Å²) in [6.45, 7) is -0.115. The summed E-state index contributed by atoms with van der Waals surface area (Å²) >= 11 is 2.15. The molecule has 94 valence electrons. The Morgan fingerprint density at radius 1 is 1.44 bits per heavy atom. The van der Waals surface area contributed by atoms with Gasteiger partial charge < -0.3 is 10.4 Å². The summed E-state index contributed by atoms with van der Waals surface area (Å²) in [5, 5.41) is 19.1. The van der Waals surface area contributed by atoms with Gasteiger partial charge in [0.25, 0.3) is 0 Å². The Labute approximate surface area is 117 Å². The van der Waals surface area contributed by atoms with Gasteiger partial charge in [-0.05, 0) is 34.7 Å². The van der Waals surface area contributed by atoms with E-state index in [2.05, 4.69) is 38.2 Å². The molecule has 2 aromatic rings. The van der Waals surface area contributed by atoms with Crippen LogP contribution in [0.4, 0.5) is 5.69 Å². The van der Waals surface area contributed by atoms with Crippen LogP contribution in [0.3, 0.4) is 0 Å². The molecule has 0 aliphatic carbocycles. The molecule has 0 saturated carbocycles.